The third kappa shape index (κ3) is 10.4. The van der Waals surface area contributed by atoms with E-state index in [1.165, 1.54) is 0 Å². The molecule has 210 valence electrons. The number of nitrogens with zero attached hydrogens (tertiary/aromatic N) is 1. The van der Waals surface area contributed by atoms with Crippen LogP contribution in [0.3, 0.4) is 0 Å². The molecule has 0 fully saturated rings. The smallest absolute Gasteiger partial charge is 0.408 e. The number of ether oxygens (including phenoxy) is 1. The molecule has 4 unspecified atom stereocenters. The van der Waals surface area contributed by atoms with Gasteiger partial charge in [-0.15, -0.1) is 0 Å². The molecule has 0 heterocycles. The maximum absolute atomic E-state index is 14.4. The summed E-state index contributed by atoms with van der Waals surface area (Å²) in [6.45, 7) is 21.4. The Balaban J connectivity index is 3.66. The first-order chi connectivity index (χ1) is 17.1. The van der Waals surface area contributed by atoms with Crippen molar-refractivity contribution in [3.8, 4) is 0 Å². The second kappa shape index (κ2) is 14.4. The Morgan fingerprint density at radius 2 is 1.54 bits per heavy atom. The van der Waals surface area contributed by atoms with Crippen molar-refractivity contribution in [3.63, 3.8) is 0 Å². The zero-order chi connectivity index (χ0) is 28.5. The van der Waals surface area contributed by atoms with Crippen LogP contribution in [0.1, 0.15) is 106 Å². The molecule has 37 heavy (non-hydrogen) atoms. The molecule has 1 aromatic carbocycles. The highest BCUT2D eigenvalue weighted by Gasteiger charge is 2.40. The molecule has 0 bridgehead atoms. The Labute approximate surface area is 225 Å². The van der Waals surface area contributed by atoms with Crippen LogP contribution < -0.4 is 10.6 Å². The van der Waals surface area contributed by atoms with Crippen molar-refractivity contribution >= 4 is 17.9 Å². The van der Waals surface area contributed by atoms with Crippen molar-refractivity contribution in [3.05, 3.63) is 35.4 Å². The monoisotopic (exact) mass is 517 g/mol. The van der Waals surface area contributed by atoms with Crippen molar-refractivity contribution < 1.29 is 19.1 Å². The van der Waals surface area contributed by atoms with Gasteiger partial charge in [-0.25, -0.2) is 4.79 Å². The Kier molecular flexibility index (Phi) is 12.6. The van der Waals surface area contributed by atoms with Crippen molar-refractivity contribution in [2.45, 2.75) is 125 Å². The van der Waals surface area contributed by atoms with Gasteiger partial charge < -0.3 is 20.3 Å². The summed E-state index contributed by atoms with van der Waals surface area (Å²) in [5.74, 6) is -0.214. The molecule has 0 aliphatic rings. The molecule has 0 aliphatic heterocycles. The summed E-state index contributed by atoms with van der Waals surface area (Å²) in [4.78, 5) is 42.7. The highest BCUT2D eigenvalue weighted by atomic mass is 16.6. The number of amides is 3. The van der Waals surface area contributed by atoms with Crippen LogP contribution in [0.5, 0.6) is 0 Å². The van der Waals surface area contributed by atoms with E-state index in [-0.39, 0.29) is 29.8 Å². The highest BCUT2D eigenvalue weighted by molar-refractivity contribution is 5.92. The van der Waals surface area contributed by atoms with E-state index in [0.717, 1.165) is 24.0 Å². The summed E-state index contributed by atoms with van der Waals surface area (Å²) in [5.41, 5.74) is 1.02. The number of carbonyl (C=O) groups excluding carboxylic acids is 3. The van der Waals surface area contributed by atoms with Gasteiger partial charge in [-0.3, -0.25) is 9.59 Å². The van der Waals surface area contributed by atoms with Crippen molar-refractivity contribution in [1.82, 2.24) is 15.5 Å². The fraction of sp³-hybridized carbons (Fsp3) is 0.700. The topological polar surface area (TPSA) is 87.7 Å². The largest absolute Gasteiger partial charge is 0.444 e. The fourth-order valence-electron chi connectivity index (χ4n) is 4.27. The van der Waals surface area contributed by atoms with Crippen LogP contribution in [0.2, 0.25) is 0 Å². The average Bonchev–Trinajstić information content (AvgIpc) is 2.77. The number of alkyl carbamates (subject to hydrolysis) is 1. The van der Waals surface area contributed by atoms with Gasteiger partial charge in [0.1, 0.15) is 17.7 Å². The third-order valence-electron chi connectivity index (χ3n) is 6.48. The van der Waals surface area contributed by atoms with E-state index in [0.29, 0.717) is 12.3 Å². The highest BCUT2D eigenvalue weighted by Crippen LogP contribution is 2.30. The van der Waals surface area contributed by atoms with Crippen LogP contribution in [-0.4, -0.2) is 46.5 Å². The molecule has 0 radical (unpaired) electrons. The molecule has 7 nitrogen and oxygen atoms in total. The number of carbonyl (C=O) groups is 3. The number of hydrogen-bond acceptors (Lipinski definition) is 4. The molecule has 0 spiro atoms. The van der Waals surface area contributed by atoms with Gasteiger partial charge in [0.05, 0.1) is 0 Å². The van der Waals surface area contributed by atoms with E-state index in [1.54, 1.807) is 25.7 Å². The first kappa shape index (κ1) is 32.5. The molecule has 0 saturated heterocycles. The number of aryl methyl sites for hydroxylation is 1. The second-order valence-corrected chi connectivity index (χ2v) is 12.0. The number of rotatable bonds is 12. The molecule has 0 saturated carbocycles. The Bertz CT molecular complexity index is 891. The van der Waals surface area contributed by atoms with Crippen molar-refractivity contribution in [2.24, 2.45) is 11.8 Å². The number of benzene rings is 1. The maximum atomic E-state index is 14.4. The zero-order valence-corrected chi connectivity index (χ0v) is 25.0. The van der Waals surface area contributed by atoms with Gasteiger partial charge in [-0.1, -0.05) is 58.4 Å². The summed E-state index contributed by atoms with van der Waals surface area (Å²) in [5, 5.41) is 5.87. The van der Waals surface area contributed by atoms with E-state index in [4.69, 9.17) is 4.74 Å². The van der Waals surface area contributed by atoms with Crippen LogP contribution in [0.25, 0.3) is 0 Å². The standard InChI is InChI=1S/C30H51N3O4/c1-12-21(6)25(32-29(36)37-30(9,10)11)28(35)33(23(8)18-17-19(2)3)26(27(34)31-20(4)5)24-16-14-13-15-22(24)7/h13-16,19-21,23,25-26H,12,17-18H2,1-11H3,(H,31,34)(H,32,36). The van der Waals surface area contributed by atoms with Gasteiger partial charge in [0.15, 0.2) is 0 Å². The van der Waals surface area contributed by atoms with E-state index in [1.807, 2.05) is 65.8 Å². The molecule has 1 aromatic rings. The quantitative estimate of drug-likeness (QED) is 0.348. The molecular formula is C30H51N3O4. The first-order valence-corrected chi connectivity index (χ1v) is 13.8. The second-order valence-electron chi connectivity index (χ2n) is 12.0. The lowest BCUT2D eigenvalue weighted by molar-refractivity contribution is -0.146. The predicted octanol–water partition coefficient (Wildman–Crippen LogP) is 6.15. The van der Waals surface area contributed by atoms with Gasteiger partial charge in [-0.05, 0) is 84.3 Å². The summed E-state index contributed by atoms with van der Waals surface area (Å²) >= 11 is 0. The van der Waals surface area contributed by atoms with E-state index >= 15 is 0 Å². The predicted molar refractivity (Wildman–Crippen MR) is 150 cm³/mol. The minimum Gasteiger partial charge on any atom is -0.444 e. The molecule has 0 aromatic heterocycles. The summed E-state index contributed by atoms with van der Waals surface area (Å²) in [6, 6.07) is 5.70. The lowest BCUT2D eigenvalue weighted by atomic mass is 9.92. The van der Waals surface area contributed by atoms with Gasteiger partial charge in [0.2, 0.25) is 11.8 Å². The summed E-state index contributed by atoms with van der Waals surface area (Å²) in [7, 11) is 0. The molecule has 0 aliphatic carbocycles. The van der Waals surface area contributed by atoms with E-state index < -0.39 is 23.8 Å². The van der Waals surface area contributed by atoms with Gasteiger partial charge in [-0.2, -0.15) is 0 Å². The van der Waals surface area contributed by atoms with Crippen LogP contribution in [0.15, 0.2) is 24.3 Å². The van der Waals surface area contributed by atoms with Crippen LogP contribution >= 0.6 is 0 Å². The van der Waals surface area contributed by atoms with E-state index in [9.17, 15) is 14.4 Å². The van der Waals surface area contributed by atoms with Crippen LogP contribution in [0.4, 0.5) is 4.79 Å². The Morgan fingerprint density at radius 1 is 0.946 bits per heavy atom. The third-order valence-corrected chi connectivity index (χ3v) is 6.48. The van der Waals surface area contributed by atoms with Crippen molar-refractivity contribution in [2.75, 3.05) is 0 Å². The molecular weight excluding hydrogens is 466 g/mol. The minimum atomic E-state index is -0.834. The number of nitrogens with one attached hydrogen (secondary N) is 2. The molecule has 7 heteroatoms. The van der Waals surface area contributed by atoms with Gasteiger partial charge in [0, 0.05) is 12.1 Å². The Hall–Kier alpha value is -2.57. The SMILES string of the molecule is CCC(C)C(NC(=O)OC(C)(C)C)C(=O)N(C(C)CCC(C)C)C(C(=O)NC(C)C)c1ccccc1C. The lowest BCUT2D eigenvalue weighted by Gasteiger charge is -2.40. The van der Waals surface area contributed by atoms with Crippen LogP contribution in [-0.2, 0) is 14.3 Å². The molecule has 1 rings (SSSR count). The molecule has 3 amide bonds. The first-order valence-electron chi connectivity index (χ1n) is 13.8. The number of hydrogen-bond donors (Lipinski definition) is 2. The minimum absolute atomic E-state index is 0.0906. The van der Waals surface area contributed by atoms with Crippen LogP contribution in [0, 0.1) is 18.8 Å². The van der Waals surface area contributed by atoms with E-state index in [2.05, 4.69) is 24.5 Å². The van der Waals surface area contributed by atoms with Gasteiger partial charge in [0.25, 0.3) is 0 Å². The molecule has 4 atom stereocenters. The Morgan fingerprint density at radius 3 is 2.03 bits per heavy atom. The summed E-state index contributed by atoms with van der Waals surface area (Å²) in [6.07, 6.45) is 1.68. The zero-order valence-electron chi connectivity index (χ0n) is 25.0. The normalized spacial score (nSPS) is 15.1. The lowest BCUT2D eigenvalue weighted by Crippen LogP contribution is -2.57. The van der Waals surface area contributed by atoms with Crippen molar-refractivity contribution in [1.29, 1.82) is 0 Å². The summed E-state index contributed by atoms with van der Waals surface area (Å²) < 4.78 is 5.50. The fourth-order valence-corrected chi connectivity index (χ4v) is 4.27. The maximum Gasteiger partial charge on any atom is 0.408 e. The molecule has 2 N–H and O–H groups in total. The average molecular weight is 518 g/mol. The van der Waals surface area contributed by atoms with Gasteiger partial charge >= 0.3 is 6.09 Å².